The van der Waals surface area contributed by atoms with E-state index in [-0.39, 0.29) is 40.9 Å². The van der Waals surface area contributed by atoms with Crippen molar-refractivity contribution in [2.45, 2.75) is 36.8 Å². The van der Waals surface area contributed by atoms with Gasteiger partial charge in [0, 0.05) is 12.1 Å². The average Bonchev–Trinajstić information content (AvgIpc) is 2.87. The summed E-state index contributed by atoms with van der Waals surface area (Å²) in [5.41, 5.74) is 1.35. The second-order valence-corrected chi connectivity index (χ2v) is 7.23. The first-order valence-electron chi connectivity index (χ1n) is 8.68. The summed E-state index contributed by atoms with van der Waals surface area (Å²) in [5, 5.41) is 38.9. The zero-order valence-corrected chi connectivity index (χ0v) is 14.3. The molecule has 2 aliphatic rings. The van der Waals surface area contributed by atoms with Crippen molar-refractivity contribution in [1.29, 1.82) is 0 Å². The smallest absolute Gasteiger partial charge is 0.157 e. The maximum atomic E-state index is 13.4. The number of Topliss-reactive ketones (excluding diaryl/α,β-unsaturated/α-hetero) is 1. The number of likely N-dealkylation sites (N-methyl/N-ethyl adjacent to an activating group) is 1. The molecule has 4 rings (SSSR count). The van der Waals surface area contributed by atoms with Gasteiger partial charge in [-0.25, -0.2) is 0 Å². The average molecular weight is 355 g/mol. The van der Waals surface area contributed by atoms with Crippen LogP contribution in [0.25, 0.3) is 0 Å². The summed E-state index contributed by atoms with van der Waals surface area (Å²) in [7, 11) is 2.00. The van der Waals surface area contributed by atoms with Crippen LogP contribution in [0.5, 0.6) is 23.0 Å². The highest BCUT2D eigenvalue weighted by Gasteiger charge is 2.51. The summed E-state index contributed by atoms with van der Waals surface area (Å²) >= 11 is 0. The largest absolute Gasteiger partial charge is 0.504 e. The lowest BCUT2D eigenvalue weighted by Crippen LogP contribution is -2.50. The minimum absolute atomic E-state index is 0.0331. The number of phenolic OH excluding ortho intramolecular Hbond substituents is 4. The molecule has 2 aromatic rings. The molecule has 2 unspecified atom stereocenters. The second kappa shape index (κ2) is 5.92. The number of carbonyl (C=O) groups is 1. The third-order valence-electron chi connectivity index (χ3n) is 5.90. The van der Waals surface area contributed by atoms with Gasteiger partial charge in [-0.05, 0) is 55.3 Å². The van der Waals surface area contributed by atoms with E-state index in [0.29, 0.717) is 11.1 Å². The Hall–Kier alpha value is -2.73. The van der Waals surface area contributed by atoms with Crippen LogP contribution in [0.1, 0.15) is 35.8 Å². The van der Waals surface area contributed by atoms with Gasteiger partial charge in [-0.2, -0.15) is 0 Å². The summed E-state index contributed by atoms with van der Waals surface area (Å²) in [6.45, 7) is 0. The van der Waals surface area contributed by atoms with Crippen LogP contribution < -0.4 is 0 Å². The van der Waals surface area contributed by atoms with Crippen LogP contribution in [0.15, 0.2) is 36.4 Å². The van der Waals surface area contributed by atoms with Crippen LogP contribution >= 0.6 is 0 Å². The van der Waals surface area contributed by atoms with E-state index in [1.165, 1.54) is 24.3 Å². The van der Waals surface area contributed by atoms with Gasteiger partial charge < -0.3 is 20.4 Å². The van der Waals surface area contributed by atoms with Crippen LogP contribution in [-0.4, -0.2) is 50.2 Å². The van der Waals surface area contributed by atoms with Crippen molar-refractivity contribution >= 4 is 5.78 Å². The number of carbonyl (C=O) groups excluding carboxylic acids is 1. The zero-order valence-electron chi connectivity index (χ0n) is 14.3. The van der Waals surface area contributed by atoms with Gasteiger partial charge in [0.05, 0.1) is 11.8 Å². The summed E-state index contributed by atoms with van der Waals surface area (Å²) < 4.78 is 0. The Bertz CT molecular complexity index is 811. The van der Waals surface area contributed by atoms with Crippen LogP contribution in [0.3, 0.4) is 0 Å². The number of benzene rings is 2. The van der Waals surface area contributed by atoms with E-state index in [2.05, 4.69) is 4.90 Å². The molecule has 4 atom stereocenters. The quantitative estimate of drug-likeness (QED) is 0.617. The van der Waals surface area contributed by atoms with Gasteiger partial charge in [0.15, 0.2) is 28.8 Å². The van der Waals surface area contributed by atoms with Crippen LogP contribution in [0.2, 0.25) is 0 Å². The Balaban J connectivity index is 1.79. The Morgan fingerprint density at radius 2 is 1.19 bits per heavy atom. The maximum Gasteiger partial charge on any atom is 0.157 e. The first-order chi connectivity index (χ1) is 12.4. The zero-order chi connectivity index (χ0) is 18.6. The molecule has 136 valence electrons. The Kier molecular flexibility index (Phi) is 3.80. The van der Waals surface area contributed by atoms with Gasteiger partial charge in [0.25, 0.3) is 0 Å². The van der Waals surface area contributed by atoms with E-state index in [0.717, 1.165) is 12.8 Å². The molecule has 0 radical (unpaired) electrons. The molecule has 0 amide bonds. The molecule has 0 saturated carbocycles. The van der Waals surface area contributed by atoms with E-state index in [4.69, 9.17) is 0 Å². The topological polar surface area (TPSA) is 101 Å². The Morgan fingerprint density at radius 3 is 1.58 bits per heavy atom. The highest BCUT2D eigenvalue weighted by atomic mass is 16.3. The van der Waals surface area contributed by atoms with E-state index < -0.39 is 11.8 Å². The standard InChI is InChI=1S/C20H21NO5/c1-21-12-4-5-13(21)19(11-3-7-15(23)17(25)9-11)20(26)18(12)10-2-6-14(22)16(24)8-10/h2-3,6-9,12-13,18-19,22-25H,4-5H2,1H3/t12-,13+,18?,19?. The van der Waals surface area contributed by atoms with Crippen LogP contribution in [-0.2, 0) is 4.79 Å². The molecule has 6 nitrogen and oxygen atoms in total. The summed E-state index contributed by atoms with van der Waals surface area (Å²) in [4.78, 5) is 15.6. The first-order valence-corrected chi connectivity index (χ1v) is 8.68. The number of aromatic hydroxyl groups is 4. The Morgan fingerprint density at radius 1 is 0.769 bits per heavy atom. The minimum atomic E-state index is -0.425. The molecule has 2 bridgehead atoms. The van der Waals surface area contributed by atoms with Gasteiger partial charge in [-0.15, -0.1) is 0 Å². The molecule has 2 aromatic carbocycles. The number of fused-ring (bicyclic) bond motifs is 2. The maximum absolute atomic E-state index is 13.4. The fourth-order valence-corrected chi connectivity index (χ4v) is 4.61. The fourth-order valence-electron chi connectivity index (χ4n) is 4.61. The number of phenols is 4. The van der Waals surface area contributed by atoms with Crippen molar-refractivity contribution in [1.82, 2.24) is 4.90 Å². The number of ketones is 1. The normalized spacial score (nSPS) is 28.4. The third kappa shape index (κ3) is 2.41. The van der Waals surface area contributed by atoms with E-state index in [1.54, 1.807) is 12.1 Å². The predicted molar refractivity (Wildman–Crippen MR) is 94.6 cm³/mol. The Labute approximate surface area is 150 Å². The van der Waals surface area contributed by atoms with Crippen molar-refractivity contribution in [2.75, 3.05) is 7.05 Å². The third-order valence-corrected chi connectivity index (χ3v) is 5.90. The number of nitrogens with zero attached hydrogens (tertiary/aromatic N) is 1. The summed E-state index contributed by atoms with van der Waals surface area (Å²) in [6, 6.07) is 9.15. The van der Waals surface area contributed by atoms with Crippen molar-refractivity contribution in [3.8, 4) is 23.0 Å². The highest BCUT2D eigenvalue weighted by molar-refractivity contribution is 5.94. The number of piperidine rings is 1. The second-order valence-electron chi connectivity index (χ2n) is 7.23. The van der Waals surface area contributed by atoms with Gasteiger partial charge in [0.2, 0.25) is 0 Å². The molecule has 0 aliphatic carbocycles. The monoisotopic (exact) mass is 355 g/mol. The molecule has 2 fully saturated rings. The van der Waals surface area contributed by atoms with Gasteiger partial charge in [-0.1, -0.05) is 12.1 Å². The van der Waals surface area contributed by atoms with Gasteiger partial charge in [-0.3, -0.25) is 9.69 Å². The molecule has 2 aliphatic heterocycles. The number of rotatable bonds is 2. The van der Waals surface area contributed by atoms with Crippen molar-refractivity contribution in [3.05, 3.63) is 47.5 Å². The highest BCUT2D eigenvalue weighted by Crippen LogP contribution is 2.49. The molecule has 4 N–H and O–H groups in total. The lowest BCUT2D eigenvalue weighted by Gasteiger charge is -2.42. The van der Waals surface area contributed by atoms with Crippen molar-refractivity contribution in [3.63, 3.8) is 0 Å². The van der Waals surface area contributed by atoms with Gasteiger partial charge in [0.1, 0.15) is 0 Å². The molecule has 2 heterocycles. The minimum Gasteiger partial charge on any atom is -0.504 e. The van der Waals surface area contributed by atoms with Gasteiger partial charge >= 0.3 is 0 Å². The molecule has 0 spiro atoms. The number of hydrogen-bond donors (Lipinski definition) is 4. The van der Waals surface area contributed by atoms with Crippen LogP contribution in [0, 0.1) is 0 Å². The molecule has 2 saturated heterocycles. The predicted octanol–water partition coefficient (Wildman–Crippen LogP) is 2.42. The van der Waals surface area contributed by atoms with E-state index >= 15 is 0 Å². The summed E-state index contributed by atoms with van der Waals surface area (Å²) in [5.74, 6) is -1.72. The summed E-state index contributed by atoms with van der Waals surface area (Å²) in [6.07, 6.45) is 1.72. The lowest BCUT2D eigenvalue weighted by atomic mass is 9.75. The molecule has 0 aromatic heterocycles. The molecule has 6 heteroatoms. The molecular formula is C20H21NO5. The van der Waals surface area contributed by atoms with Crippen molar-refractivity contribution < 1.29 is 25.2 Å². The van der Waals surface area contributed by atoms with Crippen LogP contribution in [0.4, 0.5) is 0 Å². The lowest BCUT2D eigenvalue weighted by molar-refractivity contribution is -0.127. The van der Waals surface area contributed by atoms with E-state index in [1.807, 2.05) is 7.05 Å². The van der Waals surface area contributed by atoms with E-state index in [9.17, 15) is 25.2 Å². The molecular weight excluding hydrogens is 334 g/mol. The fraction of sp³-hybridized carbons (Fsp3) is 0.350. The van der Waals surface area contributed by atoms with Crippen molar-refractivity contribution in [2.24, 2.45) is 0 Å². The SMILES string of the molecule is CN1[C@@H]2CC[C@H]1C(c1ccc(O)c(O)c1)C(=O)C2c1ccc(O)c(O)c1. The first kappa shape index (κ1) is 16.7. The molecule has 26 heavy (non-hydrogen) atoms. The number of hydrogen-bond acceptors (Lipinski definition) is 6.